The van der Waals surface area contributed by atoms with E-state index < -0.39 is 0 Å². The molecule has 0 unspecified atom stereocenters. The molecule has 2 rings (SSSR count). The van der Waals surface area contributed by atoms with Crippen molar-refractivity contribution in [2.45, 2.75) is 19.8 Å². The number of benzene rings is 1. The molecule has 0 fully saturated rings. The first-order valence-electron chi connectivity index (χ1n) is 4.11. The second-order valence-corrected chi connectivity index (χ2v) is 3.24. The molecule has 0 aromatic heterocycles. The van der Waals surface area contributed by atoms with Gasteiger partial charge in [0, 0.05) is 17.7 Å². The van der Waals surface area contributed by atoms with Crippen molar-refractivity contribution in [2.24, 2.45) is 0 Å². The SMILES string of the molecule is Cc1c(N)ccc2c1C(=O)CC2. The third kappa shape index (κ3) is 0.843. The summed E-state index contributed by atoms with van der Waals surface area (Å²) in [5.41, 5.74) is 9.41. The van der Waals surface area contributed by atoms with Gasteiger partial charge in [0.25, 0.3) is 0 Å². The number of Topliss-reactive ketones (excluding diaryl/α,β-unsaturated/α-hetero) is 1. The fourth-order valence-corrected chi connectivity index (χ4v) is 1.75. The van der Waals surface area contributed by atoms with Crippen LogP contribution in [0.15, 0.2) is 12.1 Å². The zero-order chi connectivity index (χ0) is 8.72. The van der Waals surface area contributed by atoms with Gasteiger partial charge in [0.05, 0.1) is 0 Å². The molecule has 1 aliphatic carbocycles. The first-order valence-corrected chi connectivity index (χ1v) is 4.11. The van der Waals surface area contributed by atoms with Crippen LogP contribution in [0.3, 0.4) is 0 Å². The summed E-state index contributed by atoms with van der Waals surface area (Å²) in [6.45, 7) is 1.91. The molecule has 2 nitrogen and oxygen atoms in total. The van der Waals surface area contributed by atoms with E-state index in [0.29, 0.717) is 6.42 Å². The van der Waals surface area contributed by atoms with Gasteiger partial charge in [-0.05, 0) is 30.5 Å². The number of aryl methyl sites for hydroxylation is 1. The quantitative estimate of drug-likeness (QED) is 0.588. The minimum absolute atomic E-state index is 0.245. The fourth-order valence-electron chi connectivity index (χ4n) is 1.75. The number of anilines is 1. The Morgan fingerprint density at radius 1 is 1.33 bits per heavy atom. The van der Waals surface area contributed by atoms with Crippen molar-refractivity contribution >= 4 is 11.5 Å². The molecule has 2 heteroatoms. The summed E-state index contributed by atoms with van der Waals surface area (Å²) in [4.78, 5) is 11.4. The van der Waals surface area contributed by atoms with Crippen LogP contribution in [0.2, 0.25) is 0 Å². The molecule has 12 heavy (non-hydrogen) atoms. The lowest BCUT2D eigenvalue weighted by Gasteiger charge is -2.04. The average molecular weight is 161 g/mol. The van der Waals surface area contributed by atoms with Crippen molar-refractivity contribution in [3.05, 3.63) is 28.8 Å². The highest BCUT2D eigenvalue weighted by Gasteiger charge is 2.21. The Bertz CT molecular complexity index is 355. The minimum Gasteiger partial charge on any atom is -0.398 e. The van der Waals surface area contributed by atoms with E-state index in [9.17, 15) is 4.79 Å². The van der Waals surface area contributed by atoms with Gasteiger partial charge in [-0.1, -0.05) is 6.07 Å². The van der Waals surface area contributed by atoms with Crippen molar-refractivity contribution in [2.75, 3.05) is 5.73 Å². The van der Waals surface area contributed by atoms with Gasteiger partial charge in [0.1, 0.15) is 0 Å². The molecule has 62 valence electrons. The summed E-state index contributed by atoms with van der Waals surface area (Å²) in [5, 5.41) is 0. The molecule has 0 saturated heterocycles. The monoisotopic (exact) mass is 161 g/mol. The van der Waals surface area contributed by atoms with E-state index in [1.807, 2.05) is 19.1 Å². The average Bonchev–Trinajstić information content (AvgIpc) is 2.41. The maximum atomic E-state index is 11.4. The normalized spacial score (nSPS) is 14.9. The largest absolute Gasteiger partial charge is 0.398 e. The van der Waals surface area contributed by atoms with Gasteiger partial charge in [0.2, 0.25) is 0 Å². The molecular formula is C10H11NO. The molecule has 0 heterocycles. The number of hydrogen-bond donors (Lipinski definition) is 1. The van der Waals surface area contributed by atoms with Crippen molar-refractivity contribution in [3.63, 3.8) is 0 Å². The summed E-state index contributed by atoms with van der Waals surface area (Å²) in [6.07, 6.45) is 1.54. The molecular weight excluding hydrogens is 150 g/mol. The van der Waals surface area contributed by atoms with Crippen LogP contribution in [0.25, 0.3) is 0 Å². The third-order valence-corrected chi connectivity index (χ3v) is 2.49. The van der Waals surface area contributed by atoms with Gasteiger partial charge in [-0.2, -0.15) is 0 Å². The van der Waals surface area contributed by atoms with E-state index in [4.69, 9.17) is 5.73 Å². The molecule has 0 saturated carbocycles. The maximum absolute atomic E-state index is 11.4. The first kappa shape index (κ1) is 7.35. The van der Waals surface area contributed by atoms with E-state index in [-0.39, 0.29) is 5.78 Å². The summed E-state index contributed by atoms with van der Waals surface area (Å²) in [5.74, 6) is 0.245. The summed E-state index contributed by atoms with van der Waals surface area (Å²) < 4.78 is 0. The number of rotatable bonds is 0. The number of carbonyl (C=O) groups excluding carboxylic acids is 1. The molecule has 2 N–H and O–H groups in total. The minimum atomic E-state index is 0.245. The van der Waals surface area contributed by atoms with Crippen LogP contribution < -0.4 is 5.73 Å². The third-order valence-electron chi connectivity index (χ3n) is 2.49. The smallest absolute Gasteiger partial charge is 0.163 e. The Hall–Kier alpha value is -1.31. The topological polar surface area (TPSA) is 43.1 Å². The van der Waals surface area contributed by atoms with Gasteiger partial charge in [-0.15, -0.1) is 0 Å². The van der Waals surface area contributed by atoms with Gasteiger partial charge >= 0.3 is 0 Å². The number of fused-ring (bicyclic) bond motifs is 1. The lowest BCUT2D eigenvalue weighted by Crippen LogP contribution is -1.99. The second-order valence-electron chi connectivity index (χ2n) is 3.24. The van der Waals surface area contributed by atoms with Crippen LogP contribution in [0.4, 0.5) is 5.69 Å². The van der Waals surface area contributed by atoms with E-state index >= 15 is 0 Å². The Morgan fingerprint density at radius 3 is 2.83 bits per heavy atom. The first-order chi connectivity index (χ1) is 5.70. The van der Waals surface area contributed by atoms with Gasteiger partial charge in [-0.3, -0.25) is 4.79 Å². The Morgan fingerprint density at radius 2 is 2.08 bits per heavy atom. The van der Waals surface area contributed by atoms with Crippen molar-refractivity contribution in [3.8, 4) is 0 Å². The van der Waals surface area contributed by atoms with Crippen LogP contribution in [-0.4, -0.2) is 5.78 Å². The zero-order valence-corrected chi connectivity index (χ0v) is 7.05. The molecule has 0 amide bonds. The van der Waals surface area contributed by atoms with E-state index in [0.717, 1.165) is 28.8 Å². The number of ketones is 1. The van der Waals surface area contributed by atoms with Gasteiger partial charge in [-0.25, -0.2) is 0 Å². The molecule has 0 atom stereocenters. The van der Waals surface area contributed by atoms with Gasteiger partial charge in [0.15, 0.2) is 5.78 Å². The number of nitrogens with two attached hydrogens (primary N) is 1. The number of carbonyl (C=O) groups is 1. The fraction of sp³-hybridized carbons (Fsp3) is 0.300. The summed E-state index contributed by atoms with van der Waals surface area (Å²) in [6, 6.07) is 3.84. The van der Waals surface area contributed by atoms with Crippen LogP contribution >= 0.6 is 0 Å². The lowest BCUT2D eigenvalue weighted by molar-refractivity contribution is 0.0994. The summed E-state index contributed by atoms with van der Waals surface area (Å²) >= 11 is 0. The lowest BCUT2D eigenvalue weighted by atomic mass is 10.0. The molecule has 0 bridgehead atoms. The van der Waals surface area contributed by atoms with Crippen LogP contribution in [0.5, 0.6) is 0 Å². The number of nitrogen functional groups attached to an aromatic ring is 1. The predicted octanol–water partition coefficient (Wildman–Crippen LogP) is 1.71. The van der Waals surface area contributed by atoms with E-state index in [1.165, 1.54) is 0 Å². The Labute approximate surface area is 71.4 Å². The maximum Gasteiger partial charge on any atom is 0.163 e. The molecule has 1 aromatic carbocycles. The molecule has 0 spiro atoms. The van der Waals surface area contributed by atoms with Crippen LogP contribution in [0, 0.1) is 6.92 Å². The van der Waals surface area contributed by atoms with Crippen molar-refractivity contribution < 1.29 is 4.79 Å². The van der Waals surface area contributed by atoms with Crippen LogP contribution in [0.1, 0.15) is 27.9 Å². The second kappa shape index (κ2) is 2.34. The molecule has 1 aliphatic rings. The highest BCUT2D eigenvalue weighted by atomic mass is 16.1. The zero-order valence-electron chi connectivity index (χ0n) is 7.05. The standard InChI is InChI=1S/C10H11NO/c1-6-8(11)4-2-7-3-5-9(12)10(6)7/h2,4H,3,5,11H2,1H3. The molecule has 0 aliphatic heterocycles. The van der Waals surface area contributed by atoms with E-state index in [1.54, 1.807) is 0 Å². The van der Waals surface area contributed by atoms with Gasteiger partial charge < -0.3 is 5.73 Å². The van der Waals surface area contributed by atoms with Crippen molar-refractivity contribution in [1.82, 2.24) is 0 Å². The van der Waals surface area contributed by atoms with Crippen LogP contribution in [-0.2, 0) is 6.42 Å². The Kier molecular flexibility index (Phi) is 1.43. The number of hydrogen-bond acceptors (Lipinski definition) is 2. The highest BCUT2D eigenvalue weighted by Crippen LogP contribution is 2.28. The predicted molar refractivity (Wildman–Crippen MR) is 48.2 cm³/mol. The molecule has 1 aromatic rings. The highest BCUT2D eigenvalue weighted by molar-refractivity contribution is 6.02. The van der Waals surface area contributed by atoms with E-state index in [2.05, 4.69) is 0 Å². The summed E-state index contributed by atoms with van der Waals surface area (Å²) in [7, 11) is 0. The Balaban J connectivity index is 2.71. The van der Waals surface area contributed by atoms with Crippen molar-refractivity contribution in [1.29, 1.82) is 0 Å². The molecule has 0 radical (unpaired) electrons.